The minimum Gasteiger partial charge on any atom is -0.335 e. The molecule has 3 rings (SSSR count). The Morgan fingerprint density at radius 2 is 2.32 bits per heavy atom. The fourth-order valence-corrected chi connectivity index (χ4v) is 3.82. The molecule has 1 amide bonds. The number of nitrogens with zero attached hydrogens (tertiary/aromatic N) is 2. The van der Waals surface area contributed by atoms with Gasteiger partial charge in [0.1, 0.15) is 5.69 Å². The van der Waals surface area contributed by atoms with Gasteiger partial charge < -0.3 is 10.6 Å². The molecule has 2 atom stereocenters. The molecule has 5 heteroatoms. The van der Waals surface area contributed by atoms with E-state index in [0.717, 1.165) is 30.3 Å². The van der Waals surface area contributed by atoms with Crippen LogP contribution in [0, 0.1) is 11.8 Å². The zero-order valence-corrected chi connectivity index (χ0v) is 12.2. The molecule has 0 radical (unpaired) electrons. The van der Waals surface area contributed by atoms with Crippen LogP contribution in [0.15, 0.2) is 5.38 Å². The first-order valence-electron chi connectivity index (χ1n) is 7.18. The summed E-state index contributed by atoms with van der Waals surface area (Å²) in [6.07, 6.45) is 4.61. The van der Waals surface area contributed by atoms with Gasteiger partial charge in [-0.15, -0.1) is 11.3 Å². The van der Waals surface area contributed by atoms with Gasteiger partial charge in [0.2, 0.25) is 0 Å². The highest BCUT2D eigenvalue weighted by molar-refractivity contribution is 7.09. The van der Waals surface area contributed by atoms with E-state index in [1.807, 2.05) is 10.3 Å². The normalized spacial score (nSPS) is 26.9. The maximum absolute atomic E-state index is 12.4. The van der Waals surface area contributed by atoms with Gasteiger partial charge in [0.05, 0.1) is 5.01 Å². The van der Waals surface area contributed by atoms with Crippen molar-refractivity contribution >= 4 is 17.2 Å². The molecule has 1 saturated heterocycles. The monoisotopic (exact) mass is 279 g/mol. The molecule has 0 aromatic carbocycles. The van der Waals surface area contributed by atoms with E-state index in [0.29, 0.717) is 18.2 Å². The van der Waals surface area contributed by atoms with E-state index >= 15 is 0 Å². The Balaban J connectivity index is 1.66. The van der Waals surface area contributed by atoms with E-state index in [4.69, 9.17) is 5.73 Å². The SMILES string of the molecule is CCCc1nc(C(=O)N2C[C@H](C3CC3)[C@@H](N)C2)cs1. The van der Waals surface area contributed by atoms with Gasteiger partial charge in [0, 0.05) is 24.5 Å². The van der Waals surface area contributed by atoms with Gasteiger partial charge in [-0.05, 0) is 37.5 Å². The maximum Gasteiger partial charge on any atom is 0.273 e. The first kappa shape index (κ1) is 13.1. The number of rotatable bonds is 4. The predicted molar refractivity (Wildman–Crippen MR) is 76.2 cm³/mol. The van der Waals surface area contributed by atoms with Gasteiger partial charge in [0.25, 0.3) is 5.91 Å². The van der Waals surface area contributed by atoms with Crippen molar-refractivity contribution in [2.45, 2.75) is 38.6 Å². The van der Waals surface area contributed by atoms with Crippen molar-refractivity contribution in [1.29, 1.82) is 0 Å². The summed E-state index contributed by atoms with van der Waals surface area (Å²) in [5, 5.41) is 2.96. The van der Waals surface area contributed by atoms with E-state index in [1.165, 1.54) is 12.8 Å². The number of hydrogen-bond acceptors (Lipinski definition) is 4. The lowest BCUT2D eigenvalue weighted by Crippen LogP contribution is -2.32. The van der Waals surface area contributed by atoms with E-state index in [1.54, 1.807) is 11.3 Å². The summed E-state index contributed by atoms with van der Waals surface area (Å²) < 4.78 is 0. The second-order valence-electron chi connectivity index (χ2n) is 5.75. The van der Waals surface area contributed by atoms with Crippen molar-refractivity contribution in [1.82, 2.24) is 9.88 Å². The lowest BCUT2D eigenvalue weighted by Gasteiger charge is -2.14. The van der Waals surface area contributed by atoms with Gasteiger partial charge >= 0.3 is 0 Å². The minimum atomic E-state index is 0.0669. The quantitative estimate of drug-likeness (QED) is 0.916. The molecule has 0 spiro atoms. The van der Waals surface area contributed by atoms with Gasteiger partial charge in [-0.1, -0.05) is 6.92 Å². The Morgan fingerprint density at radius 1 is 1.53 bits per heavy atom. The van der Waals surface area contributed by atoms with Crippen LogP contribution in [0.5, 0.6) is 0 Å². The lowest BCUT2D eigenvalue weighted by atomic mass is 9.99. The summed E-state index contributed by atoms with van der Waals surface area (Å²) in [5.74, 6) is 1.34. The molecule has 1 aromatic heterocycles. The van der Waals surface area contributed by atoms with Gasteiger partial charge in [-0.3, -0.25) is 4.79 Å². The largest absolute Gasteiger partial charge is 0.335 e. The zero-order chi connectivity index (χ0) is 13.4. The molecule has 2 N–H and O–H groups in total. The van der Waals surface area contributed by atoms with Gasteiger partial charge in [-0.25, -0.2) is 4.98 Å². The molecule has 2 heterocycles. The van der Waals surface area contributed by atoms with Crippen molar-refractivity contribution in [2.75, 3.05) is 13.1 Å². The molecule has 1 aliphatic carbocycles. The predicted octanol–water partition coefficient (Wildman–Crippen LogP) is 1.90. The van der Waals surface area contributed by atoms with Crippen LogP contribution in [0.3, 0.4) is 0 Å². The number of likely N-dealkylation sites (tertiary alicyclic amines) is 1. The smallest absolute Gasteiger partial charge is 0.273 e. The minimum absolute atomic E-state index is 0.0669. The van der Waals surface area contributed by atoms with Crippen LogP contribution < -0.4 is 5.73 Å². The van der Waals surface area contributed by atoms with E-state index < -0.39 is 0 Å². The van der Waals surface area contributed by atoms with Crippen LogP contribution in [0.4, 0.5) is 0 Å². The molecule has 1 saturated carbocycles. The average molecular weight is 279 g/mol. The Labute approximate surface area is 118 Å². The van der Waals surface area contributed by atoms with Crippen LogP contribution in [0.1, 0.15) is 41.7 Å². The topological polar surface area (TPSA) is 59.2 Å². The van der Waals surface area contributed by atoms with Gasteiger partial charge in [-0.2, -0.15) is 0 Å². The summed E-state index contributed by atoms with van der Waals surface area (Å²) in [7, 11) is 0. The summed E-state index contributed by atoms with van der Waals surface area (Å²) in [6, 6.07) is 0.158. The fourth-order valence-electron chi connectivity index (χ4n) is 2.94. The number of amides is 1. The second kappa shape index (κ2) is 5.21. The summed E-state index contributed by atoms with van der Waals surface area (Å²) in [6.45, 7) is 3.65. The number of carbonyl (C=O) groups is 1. The first-order chi connectivity index (χ1) is 9.19. The van der Waals surface area contributed by atoms with E-state index in [-0.39, 0.29) is 11.9 Å². The van der Waals surface area contributed by atoms with E-state index in [2.05, 4.69) is 11.9 Å². The van der Waals surface area contributed by atoms with Crippen molar-refractivity contribution in [3.8, 4) is 0 Å². The zero-order valence-electron chi connectivity index (χ0n) is 11.3. The highest BCUT2D eigenvalue weighted by Gasteiger charge is 2.42. The molecule has 104 valence electrons. The van der Waals surface area contributed by atoms with Crippen molar-refractivity contribution < 1.29 is 4.79 Å². The number of thiazole rings is 1. The van der Waals surface area contributed by atoms with Gasteiger partial charge in [0.15, 0.2) is 0 Å². The summed E-state index contributed by atoms with van der Waals surface area (Å²) in [4.78, 5) is 18.8. The fraction of sp³-hybridized carbons (Fsp3) is 0.714. The molecule has 0 bridgehead atoms. The van der Waals surface area contributed by atoms with Crippen molar-refractivity contribution in [2.24, 2.45) is 17.6 Å². The van der Waals surface area contributed by atoms with Crippen LogP contribution >= 0.6 is 11.3 Å². The molecule has 19 heavy (non-hydrogen) atoms. The molecule has 4 nitrogen and oxygen atoms in total. The van der Waals surface area contributed by atoms with Crippen LogP contribution in [0.2, 0.25) is 0 Å². The Hall–Kier alpha value is -0.940. The van der Waals surface area contributed by atoms with Crippen molar-refractivity contribution in [3.05, 3.63) is 16.1 Å². The summed E-state index contributed by atoms with van der Waals surface area (Å²) >= 11 is 1.59. The van der Waals surface area contributed by atoms with Crippen LogP contribution in [-0.2, 0) is 6.42 Å². The molecule has 2 aliphatic rings. The highest BCUT2D eigenvalue weighted by Crippen LogP contribution is 2.41. The molecule has 1 aliphatic heterocycles. The number of aromatic nitrogens is 1. The molecule has 2 fully saturated rings. The number of nitrogens with two attached hydrogens (primary N) is 1. The number of aryl methyl sites for hydroxylation is 1. The van der Waals surface area contributed by atoms with E-state index in [9.17, 15) is 4.79 Å². The van der Waals surface area contributed by atoms with Crippen molar-refractivity contribution in [3.63, 3.8) is 0 Å². The van der Waals surface area contributed by atoms with Crippen LogP contribution in [-0.4, -0.2) is 34.9 Å². The molecule has 0 unspecified atom stereocenters. The third kappa shape index (κ3) is 2.67. The Kier molecular flexibility index (Phi) is 3.58. The third-order valence-corrected chi connectivity index (χ3v) is 5.07. The summed E-state index contributed by atoms with van der Waals surface area (Å²) in [5.41, 5.74) is 6.78. The molecular formula is C14H21N3OS. The highest BCUT2D eigenvalue weighted by atomic mass is 32.1. The Morgan fingerprint density at radius 3 is 3.00 bits per heavy atom. The number of hydrogen-bond donors (Lipinski definition) is 1. The van der Waals surface area contributed by atoms with Crippen LogP contribution in [0.25, 0.3) is 0 Å². The standard InChI is InChI=1S/C14H21N3OS/c1-2-3-13-16-12(8-19-13)14(18)17-6-10(9-4-5-9)11(15)7-17/h8-11H,2-7,15H2,1H3/t10-,11+/m1/s1. The Bertz CT molecular complexity index is 469. The molecular weight excluding hydrogens is 258 g/mol. The molecule has 1 aromatic rings. The second-order valence-corrected chi connectivity index (χ2v) is 6.69. The maximum atomic E-state index is 12.4. The lowest BCUT2D eigenvalue weighted by molar-refractivity contribution is 0.0779. The first-order valence-corrected chi connectivity index (χ1v) is 8.06. The third-order valence-electron chi connectivity index (χ3n) is 4.16. The number of carbonyl (C=O) groups excluding carboxylic acids is 1. The average Bonchev–Trinajstić information content (AvgIpc) is 3.00.